The van der Waals surface area contributed by atoms with Crippen LogP contribution < -0.4 is 5.73 Å². The molecule has 2 rings (SSSR count). The van der Waals surface area contributed by atoms with E-state index >= 15 is 0 Å². The lowest BCUT2D eigenvalue weighted by Crippen LogP contribution is -2.57. The van der Waals surface area contributed by atoms with Gasteiger partial charge in [0.15, 0.2) is 5.60 Å². The van der Waals surface area contributed by atoms with Gasteiger partial charge in [-0.1, -0.05) is 0 Å². The lowest BCUT2D eigenvalue weighted by atomic mass is 9.88. The van der Waals surface area contributed by atoms with Gasteiger partial charge in [-0.3, -0.25) is 4.79 Å². The van der Waals surface area contributed by atoms with Crippen LogP contribution in [0.4, 0.5) is 0 Å². The summed E-state index contributed by atoms with van der Waals surface area (Å²) >= 11 is 0. The lowest BCUT2D eigenvalue weighted by molar-refractivity contribution is -0.225. The molecule has 0 bridgehead atoms. The summed E-state index contributed by atoms with van der Waals surface area (Å²) in [4.78, 5) is 22.4. The molecule has 0 saturated carbocycles. The molecule has 0 amide bonds. The first kappa shape index (κ1) is 17.1. The summed E-state index contributed by atoms with van der Waals surface area (Å²) in [5, 5.41) is 47.1. The Morgan fingerprint density at radius 3 is 2.41 bits per heavy atom. The van der Waals surface area contributed by atoms with Crippen molar-refractivity contribution in [3.05, 3.63) is 0 Å². The van der Waals surface area contributed by atoms with Gasteiger partial charge >= 0.3 is 11.9 Å². The van der Waals surface area contributed by atoms with Crippen molar-refractivity contribution in [2.75, 3.05) is 6.61 Å². The van der Waals surface area contributed by atoms with Crippen molar-refractivity contribution in [3.8, 4) is 0 Å². The van der Waals surface area contributed by atoms with Crippen molar-refractivity contribution in [1.29, 1.82) is 0 Å². The molecule has 7 N–H and O–H groups in total. The molecule has 10 nitrogen and oxygen atoms in total. The van der Waals surface area contributed by atoms with E-state index in [0.717, 1.165) is 0 Å². The molecular formula is C12H19NO9. The Balaban J connectivity index is 2.23. The summed E-state index contributed by atoms with van der Waals surface area (Å²) < 4.78 is 10.7. The molecule has 0 radical (unpaired) electrons. The minimum atomic E-state index is -1.93. The Bertz CT molecular complexity index is 458. The summed E-state index contributed by atoms with van der Waals surface area (Å²) in [5.74, 6) is -2.81. The summed E-state index contributed by atoms with van der Waals surface area (Å²) in [6.07, 6.45) is -6.77. The van der Waals surface area contributed by atoms with Crippen molar-refractivity contribution >= 4 is 11.9 Å². The summed E-state index contributed by atoms with van der Waals surface area (Å²) in [5.41, 5.74) is 3.46. The zero-order valence-electron chi connectivity index (χ0n) is 11.5. The molecule has 2 fully saturated rings. The standard InChI is InChI=1S/C12H19NO9/c13-4(10(17)18)1-12(11(19)20)2-5-9(22-12)8(16)7(15)6(3-14)21-5/h4-9,14-16H,1-3,13H2,(H,17,18)(H,19,20)/t4-,5+,6+,7+,8+,9-,12+/m0/s1. The third kappa shape index (κ3) is 2.81. The van der Waals surface area contributed by atoms with Gasteiger partial charge < -0.3 is 40.7 Å². The number of carboxylic acids is 2. The fourth-order valence-electron chi connectivity index (χ4n) is 2.91. The number of ether oxygens (including phenoxy) is 2. The van der Waals surface area contributed by atoms with Crippen molar-refractivity contribution in [3.63, 3.8) is 0 Å². The fourth-order valence-corrected chi connectivity index (χ4v) is 2.91. The maximum absolute atomic E-state index is 11.5. The minimum absolute atomic E-state index is 0.242. The molecule has 2 aliphatic rings. The third-order valence-corrected chi connectivity index (χ3v) is 4.11. The van der Waals surface area contributed by atoms with E-state index in [9.17, 15) is 24.9 Å². The molecule has 10 heteroatoms. The van der Waals surface area contributed by atoms with Crippen molar-refractivity contribution in [2.45, 2.75) is 55.0 Å². The molecule has 2 saturated heterocycles. The van der Waals surface area contributed by atoms with Gasteiger partial charge in [0.2, 0.25) is 0 Å². The van der Waals surface area contributed by atoms with Crippen LogP contribution in [0, 0.1) is 0 Å². The number of aliphatic hydroxyl groups is 3. The molecule has 7 atom stereocenters. The largest absolute Gasteiger partial charge is 0.480 e. The zero-order chi connectivity index (χ0) is 16.7. The van der Waals surface area contributed by atoms with Crippen LogP contribution in [-0.2, 0) is 19.1 Å². The van der Waals surface area contributed by atoms with Crippen molar-refractivity contribution in [2.24, 2.45) is 5.73 Å². The SMILES string of the molecule is N[C@@H](C[C@]1(C(=O)O)C[C@H]2O[C@H](CO)[C@@H](O)[C@@H](O)[C@H]2O1)C(=O)O. The molecule has 0 aromatic rings. The lowest BCUT2D eigenvalue weighted by Gasteiger charge is -2.38. The fraction of sp³-hybridized carbons (Fsp3) is 0.833. The number of hydrogen-bond acceptors (Lipinski definition) is 8. The van der Waals surface area contributed by atoms with Gasteiger partial charge in [0, 0.05) is 12.8 Å². The highest BCUT2D eigenvalue weighted by Gasteiger charge is 2.59. The number of nitrogens with two attached hydrogens (primary N) is 1. The number of carboxylic acid groups (broad SMARTS) is 2. The highest BCUT2D eigenvalue weighted by atomic mass is 16.6. The van der Waals surface area contributed by atoms with E-state index in [0.29, 0.717) is 0 Å². The molecule has 0 aliphatic carbocycles. The van der Waals surface area contributed by atoms with E-state index in [-0.39, 0.29) is 6.42 Å². The second-order valence-electron chi connectivity index (χ2n) is 5.61. The number of aliphatic carboxylic acids is 2. The van der Waals surface area contributed by atoms with Crippen LogP contribution in [0.2, 0.25) is 0 Å². The average molecular weight is 321 g/mol. The highest BCUT2D eigenvalue weighted by Crippen LogP contribution is 2.41. The predicted octanol–water partition coefficient (Wildman–Crippen LogP) is -3.12. The smallest absolute Gasteiger partial charge is 0.336 e. The van der Waals surface area contributed by atoms with Gasteiger partial charge in [-0.05, 0) is 0 Å². The van der Waals surface area contributed by atoms with Gasteiger partial charge in [0.05, 0.1) is 12.7 Å². The van der Waals surface area contributed by atoms with Crippen LogP contribution in [0.5, 0.6) is 0 Å². The van der Waals surface area contributed by atoms with E-state index < -0.39 is 67.1 Å². The van der Waals surface area contributed by atoms with E-state index in [1.165, 1.54) is 0 Å². The first-order valence-corrected chi connectivity index (χ1v) is 6.74. The molecular weight excluding hydrogens is 302 g/mol. The van der Waals surface area contributed by atoms with E-state index in [1.54, 1.807) is 0 Å². The van der Waals surface area contributed by atoms with E-state index in [2.05, 4.69) is 0 Å². The van der Waals surface area contributed by atoms with Crippen molar-refractivity contribution in [1.82, 2.24) is 0 Å². The van der Waals surface area contributed by atoms with Gasteiger partial charge in [0.25, 0.3) is 0 Å². The number of fused-ring (bicyclic) bond motifs is 1. The second kappa shape index (κ2) is 6.07. The first-order chi connectivity index (χ1) is 10.2. The second-order valence-corrected chi connectivity index (χ2v) is 5.61. The molecule has 0 aromatic carbocycles. The third-order valence-electron chi connectivity index (χ3n) is 4.11. The summed E-state index contributed by atoms with van der Waals surface area (Å²) in [6, 6.07) is -1.47. The number of aliphatic hydroxyl groups excluding tert-OH is 3. The van der Waals surface area contributed by atoms with Crippen LogP contribution >= 0.6 is 0 Å². The first-order valence-electron chi connectivity index (χ1n) is 6.74. The summed E-state index contributed by atoms with van der Waals surface area (Å²) in [7, 11) is 0. The van der Waals surface area contributed by atoms with Crippen LogP contribution in [0.1, 0.15) is 12.8 Å². The Morgan fingerprint density at radius 2 is 1.91 bits per heavy atom. The molecule has 2 aliphatic heterocycles. The molecule has 22 heavy (non-hydrogen) atoms. The maximum Gasteiger partial charge on any atom is 0.336 e. The van der Waals surface area contributed by atoms with Gasteiger partial charge in [-0.25, -0.2) is 4.79 Å². The number of carbonyl (C=O) groups is 2. The maximum atomic E-state index is 11.5. The molecule has 0 aromatic heterocycles. The number of rotatable bonds is 5. The summed E-state index contributed by atoms with van der Waals surface area (Å²) in [6.45, 7) is -0.559. The van der Waals surface area contributed by atoms with Crippen molar-refractivity contribution < 1.29 is 44.6 Å². The monoisotopic (exact) mass is 321 g/mol. The normalized spacial score (nSPS) is 42.6. The average Bonchev–Trinajstić information content (AvgIpc) is 2.82. The quantitative estimate of drug-likeness (QED) is 0.303. The van der Waals surface area contributed by atoms with Gasteiger partial charge in [0.1, 0.15) is 30.5 Å². The van der Waals surface area contributed by atoms with Crippen LogP contribution in [0.15, 0.2) is 0 Å². The zero-order valence-corrected chi connectivity index (χ0v) is 11.5. The minimum Gasteiger partial charge on any atom is -0.480 e. The van der Waals surface area contributed by atoms with E-state index in [1.807, 2.05) is 0 Å². The topological polar surface area (TPSA) is 180 Å². The molecule has 0 spiro atoms. The molecule has 0 unspecified atom stereocenters. The van der Waals surface area contributed by atoms with Gasteiger partial charge in [-0.2, -0.15) is 0 Å². The Kier molecular flexibility index (Phi) is 4.70. The van der Waals surface area contributed by atoms with Crippen LogP contribution in [0.25, 0.3) is 0 Å². The Hall–Kier alpha value is -1.30. The Labute approximate surface area is 125 Å². The van der Waals surface area contributed by atoms with Gasteiger partial charge in [-0.15, -0.1) is 0 Å². The van der Waals surface area contributed by atoms with Crippen LogP contribution in [0.3, 0.4) is 0 Å². The number of hydrogen-bond donors (Lipinski definition) is 6. The van der Waals surface area contributed by atoms with E-state index in [4.69, 9.17) is 25.4 Å². The molecule has 126 valence electrons. The van der Waals surface area contributed by atoms with Crippen LogP contribution in [-0.4, -0.2) is 86.2 Å². The highest BCUT2D eigenvalue weighted by molar-refractivity contribution is 5.81. The Morgan fingerprint density at radius 1 is 1.27 bits per heavy atom. The molecule has 2 heterocycles. The predicted molar refractivity (Wildman–Crippen MR) is 67.8 cm³/mol.